The minimum atomic E-state index is -0.979. The molecule has 0 radical (unpaired) electrons. The van der Waals surface area contributed by atoms with Crippen LogP contribution in [0.2, 0.25) is 0 Å². The van der Waals surface area contributed by atoms with E-state index < -0.39 is 5.97 Å². The number of aliphatic imine (C=N–C) groups is 1. The van der Waals surface area contributed by atoms with Gasteiger partial charge in [0.25, 0.3) is 0 Å². The van der Waals surface area contributed by atoms with Crippen LogP contribution in [0.15, 0.2) is 17.8 Å². The fraction of sp³-hybridized carbons (Fsp3) is 0.375. The number of hydrogen-bond donors (Lipinski definition) is 1. The summed E-state index contributed by atoms with van der Waals surface area (Å²) in [6.45, 7) is 8.23. The predicted octanol–water partition coefficient (Wildman–Crippen LogP) is 1.34. The Hall–Kier alpha value is -0.895. The number of carboxylic acid groups (broad SMARTS) is 1. The molecule has 0 fully saturated rings. The molecule has 0 aromatic rings. The predicted molar refractivity (Wildman–Crippen MR) is 56.7 cm³/mol. The zero-order valence-electron chi connectivity index (χ0n) is 7.62. The third-order valence-electron chi connectivity index (χ3n) is 1.36. The molecule has 5 heteroatoms. The first-order valence-electron chi connectivity index (χ1n) is 3.78. The molecule has 1 N–H and O–H groups in total. The quantitative estimate of drug-likeness (QED) is 0.549. The normalized spacial score (nSPS) is 12.6. The number of hydrogen-bond acceptors (Lipinski definition) is 2. The van der Waals surface area contributed by atoms with E-state index >= 15 is 0 Å². The maximum atomic E-state index is 10.7. The van der Waals surface area contributed by atoms with Crippen molar-refractivity contribution >= 4 is 35.0 Å². The standard InChI is InChI=1S/C8H11BClNO2/c1-4-11-8(10)9-6(5(2)3)7(12)13/h4-5H,1H2,2-3H3,(H,12,13)/b11-8+. The van der Waals surface area contributed by atoms with E-state index in [9.17, 15) is 4.79 Å². The Morgan fingerprint density at radius 3 is 2.54 bits per heavy atom. The van der Waals surface area contributed by atoms with E-state index in [0.29, 0.717) is 0 Å². The van der Waals surface area contributed by atoms with Gasteiger partial charge >= 0.3 is 82.5 Å². The Balaban J connectivity index is 4.83. The summed E-state index contributed by atoms with van der Waals surface area (Å²) in [5, 5.41) is 8.88. The molecular formula is C8H11BClNO2. The van der Waals surface area contributed by atoms with Crippen LogP contribution in [0.25, 0.3) is 0 Å². The Labute approximate surface area is 83.0 Å². The summed E-state index contributed by atoms with van der Waals surface area (Å²) in [6, 6.07) is 0. The molecule has 3 nitrogen and oxygen atoms in total. The van der Waals surface area contributed by atoms with Gasteiger partial charge in [-0.15, -0.1) is 0 Å². The fourth-order valence-corrected chi connectivity index (χ4v) is 0.915. The van der Waals surface area contributed by atoms with Crippen LogP contribution in [0.5, 0.6) is 0 Å². The number of rotatable bonds is 4. The van der Waals surface area contributed by atoms with Gasteiger partial charge in [0.05, 0.1) is 0 Å². The van der Waals surface area contributed by atoms with E-state index in [1.54, 1.807) is 13.8 Å². The second-order valence-corrected chi connectivity index (χ2v) is 3.08. The third-order valence-corrected chi connectivity index (χ3v) is 1.56. The van der Waals surface area contributed by atoms with Crippen molar-refractivity contribution in [2.75, 3.05) is 0 Å². The van der Waals surface area contributed by atoms with E-state index in [1.165, 1.54) is 13.1 Å². The van der Waals surface area contributed by atoms with Gasteiger partial charge in [0.1, 0.15) is 0 Å². The van der Waals surface area contributed by atoms with Crippen LogP contribution in [-0.4, -0.2) is 28.5 Å². The summed E-state index contributed by atoms with van der Waals surface area (Å²) in [7, 11) is 0. The third kappa shape index (κ3) is 4.63. The number of carboxylic acids is 1. The van der Waals surface area contributed by atoms with Crippen molar-refractivity contribution in [3.63, 3.8) is 0 Å². The number of aliphatic carboxylic acids is 1. The van der Waals surface area contributed by atoms with Crippen molar-refractivity contribution in [3.8, 4) is 0 Å². The first kappa shape index (κ1) is 12.1. The van der Waals surface area contributed by atoms with Crippen LogP contribution in [0.1, 0.15) is 13.8 Å². The molecule has 0 unspecified atom stereocenters. The van der Waals surface area contributed by atoms with Crippen molar-refractivity contribution in [3.05, 3.63) is 12.8 Å². The average Bonchev–Trinajstić information content (AvgIpc) is 1.99. The molecule has 0 aliphatic carbocycles. The zero-order valence-corrected chi connectivity index (χ0v) is 8.38. The number of carbonyl (C=O) groups is 1. The van der Waals surface area contributed by atoms with Crippen LogP contribution < -0.4 is 0 Å². The SMILES string of the molecule is C=C/N=C(Cl)\B=C(\C(=O)O)C(C)C. The Morgan fingerprint density at radius 2 is 2.23 bits per heavy atom. The van der Waals surface area contributed by atoms with Crippen molar-refractivity contribution in [2.45, 2.75) is 13.8 Å². The topological polar surface area (TPSA) is 49.7 Å². The van der Waals surface area contributed by atoms with Gasteiger partial charge in [0.2, 0.25) is 0 Å². The van der Waals surface area contributed by atoms with Crippen molar-refractivity contribution < 1.29 is 9.90 Å². The molecule has 0 aliphatic heterocycles. The summed E-state index contributed by atoms with van der Waals surface area (Å²) in [5.41, 5.74) is 0.232. The Morgan fingerprint density at radius 1 is 1.69 bits per heavy atom. The molecule has 0 amide bonds. The Bertz CT molecular complexity index is 271. The van der Waals surface area contributed by atoms with Crippen molar-refractivity contribution in [1.82, 2.24) is 0 Å². The number of halogens is 1. The van der Waals surface area contributed by atoms with Crippen LogP contribution in [0.3, 0.4) is 0 Å². The minimum absolute atomic E-state index is 0.0914. The molecule has 0 saturated heterocycles. The van der Waals surface area contributed by atoms with Crippen molar-refractivity contribution in [2.24, 2.45) is 10.9 Å². The Kier molecular flexibility index (Phi) is 5.31. The molecule has 0 aliphatic rings. The van der Waals surface area contributed by atoms with Gasteiger partial charge in [-0.2, -0.15) is 0 Å². The van der Waals surface area contributed by atoms with E-state index in [0.717, 1.165) is 0 Å². The summed E-state index contributed by atoms with van der Waals surface area (Å²) in [6.07, 6.45) is 1.26. The second-order valence-electron chi connectivity index (χ2n) is 2.69. The molecule has 0 bridgehead atoms. The summed E-state index contributed by atoms with van der Waals surface area (Å²) >= 11 is 5.60. The number of nitrogens with zero attached hydrogens (tertiary/aromatic N) is 1. The summed E-state index contributed by atoms with van der Waals surface area (Å²) < 4.78 is 0. The van der Waals surface area contributed by atoms with Gasteiger partial charge in [-0.05, 0) is 0 Å². The molecule has 0 atom stereocenters. The van der Waals surface area contributed by atoms with Crippen molar-refractivity contribution in [1.29, 1.82) is 0 Å². The van der Waals surface area contributed by atoms with Crippen LogP contribution in [0.4, 0.5) is 0 Å². The first-order chi connectivity index (χ1) is 5.99. The van der Waals surface area contributed by atoms with Gasteiger partial charge in [-0.3, -0.25) is 0 Å². The monoisotopic (exact) mass is 199 g/mol. The van der Waals surface area contributed by atoms with Crippen LogP contribution >= 0.6 is 11.6 Å². The molecule has 70 valence electrons. The van der Waals surface area contributed by atoms with Crippen LogP contribution in [-0.2, 0) is 4.79 Å². The van der Waals surface area contributed by atoms with E-state index in [4.69, 9.17) is 16.7 Å². The van der Waals surface area contributed by atoms with Gasteiger partial charge in [-0.1, -0.05) is 0 Å². The molecule has 0 saturated carbocycles. The van der Waals surface area contributed by atoms with Gasteiger partial charge in [-0.25, -0.2) is 0 Å². The van der Waals surface area contributed by atoms with E-state index in [1.807, 2.05) is 0 Å². The fourth-order valence-electron chi connectivity index (χ4n) is 0.728. The van der Waals surface area contributed by atoms with Gasteiger partial charge < -0.3 is 0 Å². The van der Waals surface area contributed by atoms with Gasteiger partial charge in [0, 0.05) is 0 Å². The first-order valence-corrected chi connectivity index (χ1v) is 4.16. The molecule has 0 heterocycles. The molecule has 13 heavy (non-hydrogen) atoms. The van der Waals surface area contributed by atoms with E-state index in [-0.39, 0.29) is 16.5 Å². The van der Waals surface area contributed by atoms with Gasteiger partial charge in [0.15, 0.2) is 0 Å². The second kappa shape index (κ2) is 5.70. The summed E-state index contributed by atoms with van der Waals surface area (Å²) in [5.74, 6) is -1.07. The molecule has 0 spiro atoms. The molecular weight excluding hydrogens is 188 g/mol. The summed E-state index contributed by atoms with van der Waals surface area (Å²) in [4.78, 5) is 14.3. The van der Waals surface area contributed by atoms with Crippen LogP contribution in [0, 0.1) is 5.92 Å². The molecule has 0 aromatic heterocycles. The zero-order chi connectivity index (χ0) is 10.4. The average molecular weight is 199 g/mol. The maximum absolute atomic E-state index is 10.7. The van der Waals surface area contributed by atoms with E-state index in [2.05, 4.69) is 11.6 Å². The molecule has 0 aromatic carbocycles. The molecule has 0 rings (SSSR count).